The van der Waals surface area contributed by atoms with Gasteiger partial charge in [-0.2, -0.15) is 0 Å². The molecule has 2 rings (SSSR count). The zero-order valence-corrected chi connectivity index (χ0v) is 20.9. The molecule has 1 aromatic carbocycles. The number of amides is 2. The van der Waals surface area contributed by atoms with E-state index in [4.69, 9.17) is 4.74 Å². The zero-order valence-electron chi connectivity index (χ0n) is 18.6. The molecule has 174 valence electrons. The van der Waals surface area contributed by atoms with E-state index in [1.165, 1.54) is 6.07 Å². The van der Waals surface area contributed by atoms with E-state index in [2.05, 4.69) is 25.8 Å². The maximum atomic E-state index is 12.1. The first-order chi connectivity index (χ1) is 14.2. The number of phenolic OH excluding ortho intramolecular Hbond substituents is 1. The highest BCUT2D eigenvalue weighted by atomic mass is 127. The average Bonchev–Trinajstić information content (AvgIpc) is 3.11. The van der Waals surface area contributed by atoms with Crippen LogP contribution in [0.4, 0.5) is 4.79 Å². The highest BCUT2D eigenvalue weighted by molar-refractivity contribution is 14.0. The number of phenols is 1. The Balaban J connectivity index is 0.00000480. The summed E-state index contributed by atoms with van der Waals surface area (Å²) in [5.74, 6) is 0.353. The molecule has 10 heteroatoms. The summed E-state index contributed by atoms with van der Waals surface area (Å²) in [6.45, 7) is 10.3. The number of hydrogen-bond acceptors (Lipinski definition) is 5. The summed E-state index contributed by atoms with van der Waals surface area (Å²) in [5, 5.41) is 18.7. The van der Waals surface area contributed by atoms with Crippen molar-refractivity contribution in [3.05, 3.63) is 29.8 Å². The molecule has 0 radical (unpaired) electrons. The van der Waals surface area contributed by atoms with Gasteiger partial charge >= 0.3 is 6.09 Å². The fourth-order valence-corrected chi connectivity index (χ4v) is 3.06. The van der Waals surface area contributed by atoms with Crippen LogP contribution in [0.3, 0.4) is 0 Å². The molecule has 0 aliphatic carbocycles. The van der Waals surface area contributed by atoms with Crippen molar-refractivity contribution >= 4 is 41.9 Å². The van der Waals surface area contributed by atoms with E-state index in [0.717, 1.165) is 18.9 Å². The van der Waals surface area contributed by atoms with Crippen molar-refractivity contribution in [3.63, 3.8) is 0 Å². The van der Waals surface area contributed by atoms with Gasteiger partial charge in [-0.05, 0) is 46.2 Å². The van der Waals surface area contributed by atoms with Gasteiger partial charge in [0.05, 0.1) is 18.2 Å². The van der Waals surface area contributed by atoms with Gasteiger partial charge in [-0.3, -0.25) is 9.79 Å². The van der Waals surface area contributed by atoms with Crippen molar-refractivity contribution in [1.82, 2.24) is 20.9 Å². The van der Waals surface area contributed by atoms with Crippen LogP contribution in [0.1, 0.15) is 44.5 Å². The molecule has 1 aliphatic rings. The number of nitrogens with zero attached hydrogens (tertiary/aromatic N) is 2. The largest absolute Gasteiger partial charge is 0.507 e. The van der Waals surface area contributed by atoms with Gasteiger partial charge in [0.25, 0.3) is 5.91 Å². The monoisotopic (exact) mass is 547 g/mol. The molecule has 1 heterocycles. The molecule has 2 amide bonds. The van der Waals surface area contributed by atoms with Crippen LogP contribution >= 0.6 is 24.0 Å². The minimum Gasteiger partial charge on any atom is -0.507 e. The van der Waals surface area contributed by atoms with E-state index >= 15 is 0 Å². The van der Waals surface area contributed by atoms with Crippen LogP contribution in [0.15, 0.2) is 29.3 Å². The highest BCUT2D eigenvalue weighted by Gasteiger charge is 2.27. The second kappa shape index (κ2) is 12.6. The molecule has 0 bridgehead atoms. The molecule has 1 aromatic rings. The van der Waals surface area contributed by atoms with Crippen LogP contribution in [-0.4, -0.2) is 72.3 Å². The summed E-state index contributed by atoms with van der Waals surface area (Å²) in [5.41, 5.74) is -0.288. The summed E-state index contributed by atoms with van der Waals surface area (Å²) < 4.78 is 5.32. The summed E-state index contributed by atoms with van der Waals surface area (Å²) in [6.07, 6.45) is 0.386. The summed E-state index contributed by atoms with van der Waals surface area (Å²) in [6, 6.07) is 6.40. The Morgan fingerprint density at radius 2 is 1.97 bits per heavy atom. The summed E-state index contributed by atoms with van der Waals surface area (Å²) in [7, 11) is 0. The lowest BCUT2D eigenvalue weighted by Gasteiger charge is -2.23. The normalized spacial score (nSPS) is 16.3. The minimum atomic E-state index is -0.528. The molecule has 1 fully saturated rings. The van der Waals surface area contributed by atoms with Crippen LogP contribution in [0, 0.1) is 0 Å². The standard InChI is InChI=1S/C21H33N5O4.HI/c1-5-22-19(24-12-11-23-18(28)16-8-6-7-9-17(16)27)26-13-10-15(14-26)25-20(29)30-21(2,3)4;/h6-9,15,27H,5,10-14H2,1-4H3,(H,22,24)(H,23,28)(H,25,29);1H. The number of para-hydroxylation sites is 1. The molecule has 0 spiro atoms. The second-order valence-electron chi connectivity index (χ2n) is 8.09. The number of hydrogen-bond donors (Lipinski definition) is 4. The van der Waals surface area contributed by atoms with Crippen LogP contribution in [0.2, 0.25) is 0 Å². The molecule has 0 saturated carbocycles. The molecule has 9 nitrogen and oxygen atoms in total. The number of aliphatic imine (C=N–C) groups is 1. The first-order valence-corrected chi connectivity index (χ1v) is 10.3. The molecule has 1 atom stereocenters. The number of nitrogens with one attached hydrogen (secondary N) is 3. The molecule has 1 saturated heterocycles. The topological polar surface area (TPSA) is 115 Å². The Morgan fingerprint density at radius 1 is 1.26 bits per heavy atom. The van der Waals surface area contributed by atoms with Gasteiger partial charge in [-0.1, -0.05) is 12.1 Å². The summed E-state index contributed by atoms with van der Waals surface area (Å²) in [4.78, 5) is 30.8. The predicted molar refractivity (Wildman–Crippen MR) is 131 cm³/mol. The Hall–Kier alpha value is -2.24. The minimum absolute atomic E-state index is 0. The molecule has 0 aromatic heterocycles. The van der Waals surface area contributed by atoms with Crippen molar-refractivity contribution in [2.45, 2.75) is 45.8 Å². The Bertz CT molecular complexity index is 766. The lowest BCUT2D eigenvalue weighted by molar-refractivity contribution is 0.0507. The van der Waals surface area contributed by atoms with Gasteiger partial charge in [-0.15, -0.1) is 24.0 Å². The van der Waals surface area contributed by atoms with Crippen molar-refractivity contribution in [1.29, 1.82) is 0 Å². The highest BCUT2D eigenvalue weighted by Crippen LogP contribution is 2.15. The maximum Gasteiger partial charge on any atom is 0.407 e. The molecule has 1 aliphatic heterocycles. The number of carbonyl (C=O) groups is 2. The van der Waals surface area contributed by atoms with Crippen LogP contribution in [0.5, 0.6) is 5.75 Å². The molecular formula is C21H34IN5O4. The van der Waals surface area contributed by atoms with Crippen LogP contribution in [0.25, 0.3) is 0 Å². The van der Waals surface area contributed by atoms with Crippen LogP contribution in [-0.2, 0) is 4.74 Å². The average molecular weight is 547 g/mol. The number of alkyl carbamates (subject to hydrolysis) is 1. The van der Waals surface area contributed by atoms with Crippen molar-refractivity contribution in [2.24, 2.45) is 4.99 Å². The first-order valence-electron chi connectivity index (χ1n) is 10.3. The number of rotatable bonds is 6. The third-order valence-corrected chi connectivity index (χ3v) is 4.35. The molecule has 1 unspecified atom stereocenters. The third kappa shape index (κ3) is 9.19. The predicted octanol–water partition coefficient (Wildman–Crippen LogP) is 2.30. The first kappa shape index (κ1) is 26.8. The molecular weight excluding hydrogens is 513 g/mol. The lowest BCUT2D eigenvalue weighted by Crippen LogP contribution is -2.44. The molecule has 4 N–H and O–H groups in total. The number of carbonyl (C=O) groups excluding carboxylic acids is 2. The van der Waals surface area contributed by atoms with Gasteiger partial charge < -0.3 is 30.7 Å². The Labute approximate surface area is 201 Å². The smallest absolute Gasteiger partial charge is 0.407 e. The van der Waals surface area contributed by atoms with Gasteiger partial charge in [0.1, 0.15) is 11.4 Å². The number of aromatic hydroxyl groups is 1. The van der Waals surface area contributed by atoms with Gasteiger partial charge in [0, 0.05) is 26.2 Å². The molecule has 31 heavy (non-hydrogen) atoms. The SMILES string of the molecule is CCNC(=NCCNC(=O)c1ccccc1O)N1CCC(NC(=O)OC(C)(C)C)C1.I. The lowest BCUT2D eigenvalue weighted by atomic mass is 10.2. The fraction of sp³-hybridized carbons (Fsp3) is 0.571. The van der Waals surface area contributed by atoms with E-state index in [0.29, 0.717) is 26.2 Å². The fourth-order valence-electron chi connectivity index (χ4n) is 3.06. The van der Waals surface area contributed by atoms with Crippen LogP contribution < -0.4 is 16.0 Å². The van der Waals surface area contributed by atoms with Crippen molar-refractivity contribution in [3.8, 4) is 5.75 Å². The van der Waals surface area contributed by atoms with Gasteiger partial charge in [0.15, 0.2) is 5.96 Å². The zero-order chi connectivity index (χ0) is 22.1. The third-order valence-electron chi connectivity index (χ3n) is 4.35. The number of guanidine groups is 1. The quantitative estimate of drug-likeness (QED) is 0.188. The number of benzene rings is 1. The van der Waals surface area contributed by atoms with E-state index < -0.39 is 11.7 Å². The number of halogens is 1. The van der Waals surface area contributed by atoms with Gasteiger partial charge in [-0.25, -0.2) is 4.79 Å². The summed E-state index contributed by atoms with van der Waals surface area (Å²) >= 11 is 0. The van der Waals surface area contributed by atoms with Crippen molar-refractivity contribution < 1.29 is 19.4 Å². The maximum absolute atomic E-state index is 12.1. The van der Waals surface area contributed by atoms with Gasteiger partial charge in [0.2, 0.25) is 0 Å². The van der Waals surface area contributed by atoms with E-state index in [1.54, 1.807) is 18.2 Å². The van der Waals surface area contributed by atoms with E-state index in [-0.39, 0.29) is 47.2 Å². The second-order valence-corrected chi connectivity index (χ2v) is 8.09. The van der Waals surface area contributed by atoms with E-state index in [9.17, 15) is 14.7 Å². The Morgan fingerprint density at radius 3 is 2.61 bits per heavy atom. The number of likely N-dealkylation sites (tertiary alicyclic amines) is 1. The number of ether oxygens (including phenoxy) is 1. The van der Waals surface area contributed by atoms with E-state index in [1.807, 2.05) is 27.7 Å². The van der Waals surface area contributed by atoms with Crippen molar-refractivity contribution in [2.75, 3.05) is 32.7 Å². The Kier molecular flexibility index (Phi) is 10.9.